The van der Waals surface area contributed by atoms with Gasteiger partial charge in [-0.2, -0.15) is 0 Å². The van der Waals surface area contributed by atoms with Gasteiger partial charge in [-0.3, -0.25) is 4.79 Å². The zero-order valence-corrected chi connectivity index (χ0v) is 10.4. The lowest BCUT2D eigenvalue weighted by molar-refractivity contribution is -0.123. The Kier molecular flexibility index (Phi) is 5.77. The van der Waals surface area contributed by atoms with Crippen molar-refractivity contribution >= 4 is 5.91 Å². The van der Waals surface area contributed by atoms with E-state index in [4.69, 9.17) is 10.5 Å². The first-order valence-corrected chi connectivity index (χ1v) is 6.26. The third-order valence-electron chi connectivity index (χ3n) is 3.23. The third-order valence-corrected chi connectivity index (χ3v) is 3.23. The van der Waals surface area contributed by atoms with Gasteiger partial charge < -0.3 is 15.8 Å². The van der Waals surface area contributed by atoms with E-state index in [-0.39, 0.29) is 18.1 Å². The van der Waals surface area contributed by atoms with Gasteiger partial charge in [0.25, 0.3) is 0 Å². The molecule has 0 bridgehead atoms. The van der Waals surface area contributed by atoms with Crippen LogP contribution in [-0.4, -0.2) is 31.2 Å². The number of amides is 1. The molecular weight excluding hydrogens is 204 g/mol. The Morgan fingerprint density at radius 3 is 2.94 bits per heavy atom. The first kappa shape index (κ1) is 13.5. The van der Waals surface area contributed by atoms with Crippen molar-refractivity contribution in [3.05, 3.63) is 0 Å². The van der Waals surface area contributed by atoms with Crippen LogP contribution in [0.25, 0.3) is 0 Å². The minimum absolute atomic E-state index is 0.136. The summed E-state index contributed by atoms with van der Waals surface area (Å²) in [7, 11) is 0. The van der Waals surface area contributed by atoms with Crippen molar-refractivity contribution < 1.29 is 9.53 Å². The summed E-state index contributed by atoms with van der Waals surface area (Å²) >= 11 is 0. The molecule has 0 aromatic heterocycles. The summed E-state index contributed by atoms with van der Waals surface area (Å²) in [5, 5.41) is 3.07. The van der Waals surface area contributed by atoms with Crippen molar-refractivity contribution in [2.24, 2.45) is 11.7 Å². The van der Waals surface area contributed by atoms with Crippen molar-refractivity contribution in [1.82, 2.24) is 5.32 Å². The minimum Gasteiger partial charge on any atom is -0.378 e. The van der Waals surface area contributed by atoms with Crippen LogP contribution in [0.3, 0.4) is 0 Å². The molecule has 1 heterocycles. The lowest BCUT2D eigenvalue weighted by Gasteiger charge is -2.28. The summed E-state index contributed by atoms with van der Waals surface area (Å²) in [5.41, 5.74) is 5.59. The van der Waals surface area contributed by atoms with Crippen LogP contribution in [0.5, 0.6) is 0 Å². The van der Waals surface area contributed by atoms with Crippen molar-refractivity contribution in [1.29, 1.82) is 0 Å². The van der Waals surface area contributed by atoms with Crippen molar-refractivity contribution in [2.75, 3.05) is 13.2 Å². The third kappa shape index (κ3) is 4.49. The second-order valence-corrected chi connectivity index (χ2v) is 4.68. The lowest BCUT2D eigenvalue weighted by atomic mass is 10.0. The van der Waals surface area contributed by atoms with E-state index < -0.39 is 0 Å². The first-order valence-electron chi connectivity index (χ1n) is 6.26. The van der Waals surface area contributed by atoms with Gasteiger partial charge in [0.2, 0.25) is 5.91 Å². The van der Waals surface area contributed by atoms with E-state index in [1.54, 1.807) is 0 Å². The van der Waals surface area contributed by atoms with Gasteiger partial charge in [-0.1, -0.05) is 13.3 Å². The molecule has 0 aromatic rings. The summed E-state index contributed by atoms with van der Waals surface area (Å²) in [6.07, 6.45) is 3.63. The number of ether oxygens (including phenoxy) is 1. The maximum Gasteiger partial charge on any atom is 0.220 e. The number of hydrogen-bond acceptors (Lipinski definition) is 3. The molecule has 1 saturated heterocycles. The molecule has 1 fully saturated rings. The van der Waals surface area contributed by atoms with E-state index in [9.17, 15) is 4.79 Å². The van der Waals surface area contributed by atoms with E-state index >= 15 is 0 Å². The molecule has 3 unspecified atom stereocenters. The number of nitrogens with two attached hydrogens (primary N) is 1. The molecule has 1 amide bonds. The zero-order valence-electron chi connectivity index (χ0n) is 10.4. The predicted molar refractivity (Wildman–Crippen MR) is 64.0 cm³/mol. The summed E-state index contributed by atoms with van der Waals surface area (Å²) in [4.78, 5) is 11.7. The highest BCUT2D eigenvalue weighted by Gasteiger charge is 2.21. The fourth-order valence-corrected chi connectivity index (χ4v) is 2.07. The van der Waals surface area contributed by atoms with E-state index in [0.717, 1.165) is 25.9 Å². The topological polar surface area (TPSA) is 64.4 Å². The van der Waals surface area contributed by atoms with Gasteiger partial charge >= 0.3 is 0 Å². The van der Waals surface area contributed by atoms with Gasteiger partial charge in [0, 0.05) is 19.1 Å². The molecule has 4 nitrogen and oxygen atoms in total. The number of carbonyl (C=O) groups is 1. The Balaban J connectivity index is 2.27. The molecule has 94 valence electrons. The second-order valence-electron chi connectivity index (χ2n) is 4.68. The quantitative estimate of drug-likeness (QED) is 0.739. The smallest absolute Gasteiger partial charge is 0.220 e. The fourth-order valence-electron chi connectivity index (χ4n) is 2.07. The van der Waals surface area contributed by atoms with Crippen LogP contribution >= 0.6 is 0 Å². The molecule has 0 aliphatic carbocycles. The van der Waals surface area contributed by atoms with Crippen LogP contribution in [0.15, 0.2) is 0 Å². The van der Waals surface area contributed by atoms with Gasteiger partial charge in [0.05, 0.1) is 6.10 Å². The van der Waals surface area contributed by atoms with Gasteiger partial charge in [-0.25, -0.2) is 0 Å². The number of hydrogen-bond donors (Lipinski definition) is 2. The van der Waals surface area contributed by atoms with Crippen LogP contribution in [0.4, 0.5) is 0 Å². The highest BCUT2D eigenvalue weighted by atomic mass is 16.5. The minimum atomic E-state index is 0.136. The number of nitrogens with one attached hydrogen (secondary N) is 1. The fraction of sp³-hybridized carbons (Fsp3) is 0.917. The highest BCUT2D eigenvalue weighted by molar-refractivity contribution is 5.76. The van der Waals surface area contributed by atoms with E-state index in [1.165, 1.54) is 0 Å². The van der Waals surface area contributed by atoms with Crippen LogP contribution < -0.4 is 11.1 Å². The van der Waals surface area contributed by atoms with Gasteiger partial charge in [-0.05, 0) is 32.2 Å². The molecule has 0 radical (unpaired) electrons. The average molecular weight is 228 g/mol. The normalized spacial score (nSPS) is 27.4. The molecule has 1 rings (SSSR count). The second kappa shape index (κ2) is 6.86. The van der Waals surface area contributed by atoms with E-state index in [0.29, 0.717) is 18.9 Å². The Morgan fingerprint density at radius 2 is 2.38 bits per heavy atom. The van der Waals surface area contributed by atoms with E-state index in [2.05, 4.69) is 12.2 Å². The molecule has 1 aliphatic heterocycles. The monoisotopic (exact) mass is 228 g/mol. The molecule has 1 aliphatic rings. The molecule has 0 aromatic carbocycles. The summed E-state index contributed by atoms with van der Waals surface area (Å²) < 4.78 is 5.44. The van der Waals surface area contributed by atoms with Crippen molar-refractivity contribution in [3.8, 4) is 0 Å². The lowest BCUT2D eigenvalue weighted by Crippen LogP contribution is -2.42. The predicted octanol–water partition coefficient (Wildman–Crippen LogP) is 1.05. The van der Waals surface area contributed by atoms with Gasteiger partial charge in [0.15, 0.2) is 0 Å². The summed E-state index contributed by atoms with van der Waals surface area (Å²) in [5.74, 6) is 0.452. The summed E-state index contributed by atoms with van der Waals surface area (Å²) in [6, 6.07) is 0.284. The van der Waals surface area contributed by atoms with Crippen molar-refractivity contribution in [2.45, 2.75) is 51.7 Å². The SMILES string of the molecule is CCC(CN)CC(=O)NC1CCOC(C)C1. The maximum absolute atomic E-state index is 11.7. The Bertz CT molecular complexity index is 217. The largest absolute Gasteiger partial charge is 0.378 e. The Labute approximate surface area is 97.9 Å². The molecular formula is C12H24N2O2. The maximum atomic E-state index is 11.7. The highest BCUT2D eigenvalue weighted by Crippen LogP contribution is 2.14. The van der Waals surface area contributed by atoms with Crippen molar-refractivity contribution in [3.63, 3.8) is 0 Å². The summed E-state index contributed by atoms with van der Waals surface area (Å²) in [6.45, 7) is 5.46. The van der Waals surface area contributed by atoms with Gasteiger partial charge in [-0.15, -0.1) is 0 Å². The first-order chi connectivity index (χ1) is 7.65. The van der Waals surface area contributed by atoms with E-state index in [1.807, 2.05) is 6.92 Å². The molecule has 3 atom stereocenters. The molecule has 0 spiro atoms. The molecule has 3 N–H and O–H groups in total. The zero-order chi connectivity index (χ0) is 12.0. The standard InChI is InChI=1S/C12H24N2O2/c1-3-10(8-13)7-12(15)14-11-4-5-16-9(2)6-11/h9-11H,3-8,13H2,1-2H3,(H,14,15). The average Bonchev–Trinajstić information content (AvgIpc) is 2.26. The Hall–Kier alpha value is -0.610. The van der Waals surface area contributed by atoms with Crippen LogP contribution in [0.2, 0.25) is 0 Å². The molecule has 16 heavy (non-hydrogen) atoms. The molecule has 0 saturated carbocycles. The molecule has 4 heteroatoms. The number of carbonyl (C=O) groups excluding carboxylic acids is 1. The number of rotatable bonds is 5. The Morgan fingerprint density at radius 1 is 1.62 bits per heavy atom. The van der Waals surface area contributed by atoms with Crippen LogP contribution in [-0.2, 0) is 9.53 Å². The van der Waals surface area contributed by atoms with Gasteiger partial charge in [0.1, 0.15) is 0 Å². The van der Waals surface area contributed by atoms with Crippen LogP contribution in [0.1, 0.15) is 39.5 Å². The van der Waals surface area contributed by atoms with Crippen LogP contribution in [0, 0.1) is 5.92 Å².